The number of primary amides is 1. The molecule has 0 radical (unpaired) electrons. The normalized spacial score (nSPS) is 21.2. The molecule has 2 aliphatic rings. The van der Waals surface area contributed by atoms with Crippen LogP contribution in [0, 0.1) is 5.82 Å². The molecule has 0 aromatic carbocycles. The van der Waals surface area contributed by atoms with Crippen LogP contribution in [0.15, 0.2) is 30.6 Å². The highest BCUT2D eigenvalue weighted by atomic mass is 19.1. The number of nitrogens with zero attached hydrogens (tertiary/aromatic N) is 3. The van der Waals surface area contributed by atoms with E-state index >= 15 is 0 Å². The molecule has 2 saturated carbocycles. The Kier molecular flexibility index (Phi) is 4.97. The van der Waals surface area contributed by atoms with Crippen molar-refractivity contribution in [1.29, 1.82) is 0 Å². The fourth-order valence-corrected chi connectivity index (χ4v) is 4.33. The van der Waals surface area contributed by atoms with Crippen molar-refractivity contribution < 1.29 is 9.18 Å². The molecular weight excluding hydrogens is 397 g/mol. The third kappa shape index (κ3) is 3.81. The van der Waals surface area contributed by atoms with Gasteiger partial charge in [-0.3, -0.25) is 4.79 Å². The van der Waals surface area contributed by atoms with Gasteiger partial charge in [0.15, 0.2) is 11.6 Å². The zero-order chi connectivity index (χ0) is 21.5. The Morgan fingerprint density at radius 3 is 2.71 bits per heavy atom. The Bertz CT molecular complexity index is 1140. The number of halogens is 1. The summed E-state index contributed by atoms with van der Waals surface area (Å²) >= 11 is 0. The fourth-order valence-electron chi connectivity index (χ4n) is 4.33. The Balaban J connectivity index is 1.50. The molecule has 0 saturated heterocycles. The van der Waals surface area contributed by atoms with Crippen LogP contribution in [0.2, 0.25) is 0 Å². The van der Waals surface area contributed by atoms with Gasteiger partial charge in [-0.15, -0.1) is 0 Å². The number of fused-ring (bicyclic) bond motifs is 1. The molecule has 2 fully saturated rings. The van der Waals surface area contributed by atoms with Crippen molar-refractivity contribution in [3.8, 4) is 0 Å². The molecule has 6 N–H and O–H groups in total. The second kappa shape index (κ2) is 7.81. The molecular formula is C22H26FN7O. The second-order valence-corrected chi connectivity index (χ2v) is 8.45. The summed E-state index contributed by atoms with van der Waals surface area (Å²) in [5.41, 5.74) is 13.3. The van der Waals surface area contributed by atoms with Gasteiger partial charge in [0.05, 0.1) is 11.3 Å². The van der Waals surface area contributed by atoms with Crippen LogP contribution in [0.25, 0.3) is 11.0 Å². The first-order chi connectivity index (χ1) is 15.0. The Morgan fingerprint density at radius 2 is 1.97 bits per heavy atom. The first kappa shape index (κ1) is 19.7. The van der Waals surface area contributed by atoms with Gasteiger partial charge < -0.3 is 26.7 Å². The maximum Gasteiger partial charge on any atom is 0.252 e. The molecule has 0 spiro atoms. The number of rotatable bonds is 6. The molecule has 3 heterocycles. The number of aromatic nitrogens is 3. The number of pyridine rings is 2. The van der Waals surface area contributed by atoms with E-state index in [2.05, 4.69) is 25.2 Å². The second-order valence-electron chi connectivity index (χ2n) is 8.45. The van der Waals surface area contributed by atoms with E-state index in [1.165, 1.54) is 0 Å². The number of hydrogen-bond acceptors (Lipinski definition) is 6. The van der Waals surface area contributed by atoms with Crippen molar-refractivity contribution in [2.45, 2.75) is 56.7 Å². The van der Waals surface area contributed by atoms with E-state index in [0.29, 0.717) is 6.04 Å². The van der Waals surface area contributed by atoms with Crippen LogP contribution >= 0.6 is 0 Å². The summed E-state index contributed by atoms with van der Waals surface area (Å²) in [6.07, 6.45) is 9.85. The molecule has 3 aromatic heterocycles. The minimum atomic E-state index is -0.754. The topological polar surface area (TPSA) is 124 Å². The third-order valence-electron chi connectivity index (χ3n) is 6.19. The predicted molar refractivity (Wildman–Crippen MR) is 118 cm³/mol. The van der Waals surface area contributed by atoms with Crippen LogP contribution in [-0.2, 0) is 0 Å². The summed E-state index contributed by atoms with van der Waals surface area (Å²) in [5, 5.41) is 7.22. The average molecular weight is 423 g/mol. The average Bonchev–Trinajstić information content (AvgIpc) is 3.50. The molecule has 9 heteroatoms. The maximum absolute atomic E-state index is 14.7. The van der Waals surface area contributed by atoms with Gasteiger partial charge in [0.25, 0.3) is 5.91 Å². The number of carbonyl (C=O) groups is 1. The molecule has 5 rings (SSSR count). The van der Waals surface area contributed by atoms with Crippen LogP contribution in [0.1, 0.15) is 54.9 Å². The summed E-state index contributed by atoms with van der Waals surface area (Å²) < 4.78 is 16.9. The lowest BCUT2D eigenvalue weighted by molar-refractivity contribution is 0.100. The van der Waals surface area contributed by atoms with E-state index in [9.17, 15) is 9.18 Å². The van der Waals surface area contributed by atoms with E-state index in [-0.39, 0.29) is 29.3 Å². The zero-order valence-corrected chi connectivity index (χ0v) is 17.1. The van der Waals surface area contributed by atoms with E-state index in [1.807, 2.05) is 12.3 Å². The van der Waals surface area contributed by atoms with Crippen molar-refractivity contribution in [2.24, 2.45) is 11.5 Å². The number of hydrogen-bond donors (Lipinski definition) is 4. The summed E-state index contributed by atoms with van der Waals surface area (Å²) in [6, 6.07) is 5.27. The highest BCUT2D eigenvalue weighted by Crippen LogP contribution is 2.39. The van der Waals surface area contributed by atoms with Gasteiger partial charge in [0.1, 0.15) is 11.5 Å². The molecule has 0 unspecified atom stereocenters. The van der Waals surface area contributed by atoms with Crippen molar-refractivity contribution in [1.82, 2.24) is 14.5 Å². The summed E-state index contributed by atoms with van der Waals surface area (Å²) in [6.45, 7) is 0. The standard InChI is InChI=1S/C22H26FN7O/c23-15-11-14(19(25)31)20(29-21(15)28-18-4-2-1-3-16(18)24)27-17-7-9-26-22-13(17)8-10-30(22)12-5-6-12/h7-12,16,18H,1-6,24H2,(H2,25,31)(H2,26,27,28,29)/t16-,18+/m0/s1. The molecule has 3 aromatic rings. The molecule has 31 heavy (non-hydrogen) atoms. The molecule has 162 valence electrons. The van der Waals surface area contributed by atoms with Crippen molar-refractivity contribution in [2.75, 3.05) is 10.6 Å². The Labute approximate surface area is 179 Å². The van der Waals surface area contributed by atoms with Crippen molar-refractivity contribution in [3.05, 3.63) is 42.0 Å². The molecule has 0 bridgehead atoms. The fraction of sp³-hybridized carbons (Fsp3) is 0.409. The van der Waals surface area contributed by atoms with Crippen LogP contribution in [0.4, 0.5) is 21.7 Å². The Morgan fingerprint density at radius 1 is 1.16 bits per heavy atom. The van der Waals surface area contributed by atoms with Crippen LogP contribution in [-0.4, -0.2) is 32.5 Å². The summed E-state index contributed by atoms with van der Waals surface area (Å²) in [4.78, 5) is 20.9. The molecule has 8 nitrogen and oxygen atoms in total. The number of anilines is 3. The van der Waals surface area contributed by atoms with E-state index in [1.54, 1.807) is 12.3 Å². The van der Waals surface area contributed by atoms with Gasteiger partial charge in [-0.25, -0.2) is 14.4 Å². The third-order valence-corrected chi connectivity index (χ3v) is 6.19. The molecule has 2 aliphatic carbocycles. The van der Waals surface area contributed by atoms with Gasteiger partial charge in [-0.05, 0) is 43.9 Å². The quantitative estimate of drug-likeness (QED) is 0.482. The molecule has 0 aliphatic heterocycles. The highest BCUT2D eigenvalue weighted by molar-refractivity contribution is 6.00. The predicted octanol–water partition coefficient (Wildman–Crippen LogP) is 3.43. The Hall–Kier alpha value is -3.20. The lowest BCUT2D eigenvalue weighted by Crippen LogP contribution is -2.43. The minimum absolute atomic E-state index is 0.0115. The van der Waals surface area contributed by atoms with Gasteiger partial charge in [-0.1, -0.05) is 12.8 Å². The smallest absolute Gasteiger partial charge is 0.252 e. The molecule has 2 atom stereocenters. The number of amides is 1. The zero-order valence-electron chi connectivity index (χ0n) is 17.1. The number of carbonyl (C=O) groups excluding carboxylic acids is 1. The number of nitrogens with two attached hydrogens (primary N) is 2. The largest absolute Gasteiger partial charge is 0.365 e. The monoisotopic (exact) mass is 423 g/mol. The van der Waals surface area contributed by atoms with Crippen molar-refractivity contribution >= 4 is 34.3 Å². The minimum Gasteiger partial charge on any atom is -0.365 e. The van der Waals surface area contributed by atoms with Gasteiger partial charge in [0.2, 0.25) is 0 Å². The van der Waals surface area contributed by atoms with Gasteiger partial charge in [0, 0.05) is 35.9 Å². The van der Waals surface area contributed by atoms with E-state index < -0.39 is 11.7 Å². The van der Waals surface area contributed by atoms with E-state index in [4.69, 9.17) is 11.5 Å². The van der Waals surface area contributed by atoms with Crippen LogP contribution in [0.3, 0.4) is 0 Å². The lowest BCUT2D eigenvalue weighted by atomic mass is 9.91. The lowest BCUT2D eigenvalue weighted by Gasteiger charge is -2.30. The van der Waals surface area contributed by atoms with Gasteiger partial charge >= 0.3 is 0 Å². The van der Waals surface area contributed by atoms with Crippen LogP contribution in [0.5, 0.6) is 0 Å². The first-order valence-electron chi connectivity index (χ1n) is 10.8. The maximum atomic E-state index is 14.7. The first-order valence-corrected chi connectivity index (χ1v) is 10.8. The molecule has 1 amide bonds. The van der Waals surface area contributed by atoms with Crippen molar-refractivity contribution in [3.63, 3.8) is 0 Å². The summed E-state index contributed by atoms with van der Waals surface area (Å²) in [7, 11) is 0. The SMILES string of the molecule is NC(=O)c1cc(F)c(N[C@@H]2CCCC[C@@H]2N)nc1Nc1ccnc2c1ccn2C1CC1. The van der Waals surface area contributed by atoms with E-state index in [0.717, 1.165) is 61.3 Å². The van der Waals surface area contributed by atoms with Gasteiger partial charge in [-0.2, -0.15) is 0 Å². The van der Waals surface area contributed by atoms with Crippen LogP contribution < -0.4 is 22.1 Å². The highest BCUT2D eigenvalue weighted by Gasteiger charge is 2.26. The summed E-state index contributed by atoms with van der Waals surface area (Å²) in [5.74, 6) is -1.12. The number of nitrogens with one attached hydrogen (secondary N) is 2.